The van der Waals surface area contributed by atoms with E-state index >= 15 is 0 Å². The van der Waals surface area contributed by atoms with E-state index in [1.165, 1.54) is 13.1 Å². The number of hydrogen-bond donors (Lipinski definition) is 2. The zero-order valence-electron chi connectivity index (χ0n) is 14.1. The van der Waals surface area contributed by atoms with Crippen LogP contribution in [0.4, 0.5) is 0 Å². The van der Waals surface area contributed by atoms with Gasteiger partial charge in [0.1, 0.15) is 0 Å². The molecule has 5 nitrogen and oxygen atoms in total. The quantitative estimate of drug-likeness (QED) is 0.810. The average Bonchev–Trinajstić information content (AvgIpc) is 2.45. The predicted molar refractivity (Wildman–Crippen MR) is 86.6 cm³/mol. The van der Waals surface area contributed by atoms with Crippen molar-refractivity contribution in [2.24, 2.45) is 5.41 Å². The molecular weight excluding hydrogens is 278 g/mol. The maximum absolute atomic E-state index is 12.5. The molecule has 126 valence electrons. The molecule has 3 rings (SSSR count). The highest BCUT2D eigenvalue weighted by atomic mass is 16.3. The van der Waals surface area contributed by atoms with Crippen LogP contribution >= 0.6 is 0 Å². The Kier molecular flexibility index (Phi) is 4.49. The van der Waals surface area contributed by atoms with Crippen LogP contribution in [0.5, 0.6) is 0 Å². The van der Waals surface area contributed by atoms with E-state index in [0.29, 0.717) is 30.7 Å². The Morgan fingerprint density at radius 1 is 1.14 bits per heavy atom. The van der Waals surface area contributed by atoms with Crippen molar-refractivity contribution in [1.82, 2.24) is 15.1 Å². The molecule has 0 aliphatic carbocycles. The molecule has 0 atom stereocenters. The summed E-state index contributed by atoms with van der Waals surface area (Å²) in [7, 11) is 0. The number of nitrogens with one attached hydrogen (secondary N) is 1. The van der Waals surface area contributed by atoms with Crippen molar-refractivity contribution in [1.29, 1.82) is 0 Å². The number of piperidine rings is 2. The third-order valence-corrected chi connectivity index (χ3v) is 6.00. The van der Waals surface area contributed by atoms with Gasteiger partial charge in [-0.25, -0.2) is 0 Å². The third kappa shape index (κ3) is 3.31. The standard InChI is InChI=1S/C17H31N3O2/c1-14(2)20-12-16(13-20)5-9-19(10-6-16)15(21)11-17(22)3-7-18-8-4-17/h14,18,22H,3-13H2,1-2H3. The van der Waals surface area contributed by atoms with Crippen LogP contribution in [0, 0.1) is 5.41 Å². The van der Waals surface area contributed by atoms with E-state index < -0.39 is 5.60 Å². The second kappa shape index (κ2) is 6.10. The second-order valence-electron chi connectivity index (χ2n) is 8.03. The highest BCUT2D eigenvalue weighted by Crippen LogP contribution is 2.41. The molecule has 0 radical (unpaired) electrons. The summed E-state index contributed by atoms with van der Waals surface area (Å²) in [5.41, 5.74) is -0.310. The fourth-order valence-corrected chi connectivity index (χ4v) is 4.19. The topological polar surface area (TPSA) is 55.8 Å². The first-order valence-electron chi connectivity index (χ1n) is 8.86. The zero-order chi connectivity index (χ0) is 15.8. The Morgan fingerprint density at radius 3 is 2.27 bits per heavy atom. The van der Waals surface area contributed by atoms with Gasteiger partial charge in [0, 0.05) is 32.2 Å². The van der Waals surface area contributed by atoms with E-state index in [9.17, 15) is 9.90 Å². The van der Waals surface area contributed by atoms with E-state index in [-0.39, 0.29) is 5.91 Å². The van der Waals surface area contributed by atoms with Gasteiger partial charge in [-0.2, -0.15) is 0 Å². The van der Waals surface area contributed by atoms with Crippen molar-refractivity contribution in [2.75, 3.05) is 39.3 Å². The van der Waals surface area contributed by atoms with Crippen molar-refractivity contribution >= 4 is 5.91 Å². The van der Waals surface area contributed by atoms with Gasteiger partial charge in [0.15, 0.2) is 0 Å². The molecular formula is C17H31N3O2. The molecule has 3 aliphatic rings. The molecule has 3 heterocycles. The van der Waals surface area contributed by atoms with E-state index in [2.05, 4.69) is 24.1 Å². The first-order chi connectivity index (χ1) is 10.4. The van der Waals surface area contributed by atoms with Crippen LogP contribution < -0.4 is 5.32 Å². The third-order valence-electron chi connectivity index (χ3n) is 6.00. The van der Waals surface area contributed by atoms with Crippen molar-refractivity contribution in [3.05, 3.63) is 0 Å². The maximum Gasteiger partial charge on any atom is 0.225 e. The van der Waals surface area contributed by atoms with Crippen LogP contribution in [0.3, 0.4) is 0 Å². The van der Waals surface area contributed by atoms with Gasteiger partial charge >= 0.3 is 0 Å². The molecule has 0 aromatic rings. The highest BCUT2D eigenvalue weighted by Gasteiger charge is 2.46. The molecule has 0 aromatic carbocycles. The molecule has 3 saturated heterocycles. The number of nitrogens with zero attached hydrogens (tertiary/aromatic N) is 2. The number of likely N-dealkylation sites (tertiary alicyclic amines) is 2. The highest BCUT2D eigenvalue weighted by molar-refractivity contribution is 5.77. The lowest BCUT2D eigenvalue weighted by atomic mass is 9.71. The van der Waals surface area contributed by atoms with E-state index in [1.807, 2.05) is 4.90 Å². The fourth-order valence-electron chi connectivity index (χ4n) is 4.19. The van der Waals surface area contributed by atoms with Crippen LogP contribution in [0.25, 0.3) is 0 Å². The van der Waals surface area contributed by atoms with Crippen molar-refractivity contribution in [3.63, 3.8) is 0 Å². The Hall–Kier alpha value is -0.650. The van der Waals surface area contributed by atoms with E-state index in [1.54, 1.807) is 0 Å². The SMILES string of the molecule is CC(C)N1CC2(CCN(C(=O)CC3(O)CCNCC3)CC2)C1. The molecule has 2 N–H and O–H groups in total. The lowest BCUT2D eigenvalue weighted by Crippen LogP contribution is -2.62. The van der Waals surface area contributed by atoms with Crippen LogP contribution in [-0.4, -0.2) is 71.7 Å². The molecule has 0 unspecified atom stereocenters. The van der Waals surface area contributed by atoms with Crippen LogP contribution in [0.2, 0.25) is 0 Å². The lowest BCUT2D eigenvalue weighted by molar-refractivity contribution is -0.143. The van der Waals surface area contributed by atoms with Gasteiger partial charge in [-0.3, -0.25) is 9.69 Å². The number of rotatable bonds is 3. The smallest absolute Gasteiger partial charge is 0.225 e. The minimum absolute atomic E-state index is 0.152. The molecule has 5 heteroatoms. The lowest BCUT2D eigenvalue weighted by Gasteiger charge is -2.55. The minimum atomic E-state index is -0.775. The molecule has 0 saturated carbocycles. The van der Waals surface area contributed by atoms with Crippen LogP contribution in [0.15, 0.2) is 0 Å². The normalized spacial score (nSPS) is 27.9. The number of aliphatic hydroxyl groups is 1. The Bertz CT molecular complexity index is 402. The predicted octanol–water partition coefficient (Wildman–Crippen LogP) is 0.824. The van der Waals surface area contributed by atoms with E-state index in [0.717, 1.165) is 39.0 Å². The number of carbonyl (C=O) groups is 1. The van der Waals surface area contributed by atoms with E-state index in [4.69, 9.17) is 0 Å². The Morgan fingerprint density at radius 2 is 1.73 bits per heavy atom. The monoisotopic (exact) mass is 309 g/mol. The Labute approximate surface area is 134 Å². The van der Waals surface area contributed by atoms with Gasteiger partial charge < -0.3 is 15.3 Å². The molecule has 1 spiro atoms. The molecule has 1 amide bonds. The maximum atomic E-state index is 12.5. The summed E-state index contributed by atoms with van der Waals surface area (Å²) in [5, 5.41) is 13.8. The van der Waals surface area contributed by atoms with Crippen molar-refractivity contribution < 1.29 is 9.90 Å². The van der Waals surface area contributed by atoms with Gasteiger partial charge in [-0.1, -0.05) is 0 Å². The first-order valence-corrected chi connectivity index (χ1v) is 8.86. The number of carbonyl (C=O) groups excluding carboxylic acids is 1. The minimum Gasteiger partial charge on any atom is -0.389 e. The van der Waals surface area contributed by atoms with Crippen molar-refractivity contribution in [2.45, 2.75) is 57.6 Å². The largest absolute Gasteiger partial charge is 0.389 e. The number of hydrogen-bond acceptors (Lipinski definition) is 4. The summed E-state index contributed by atoms with van der Waals surface area (Å²) in [6, 6.07) is 0.638. The Balaban J connectivity index is 1.46. The molecule has 3 fully saturated rings. The summed E-state index contributed by atoms with van der Waals surface area (Å²) in [5.74, 6) is 0.152. The van der Waals surface area contributed by atoms with Crippen LogP contribution in [-0.2, 0) is 4.79 Å². The van der Waals surface area contributed by atoms with Gasteiger partial charge in [-0.05, 0) is 58.0 Å². The first kappa shape index (κ1) is 16.2. The number of amides is 1. The van der Waals surface area contributed by atoms with Gasteiger partial charge in [0.2, 0.25) is 5.91 Å². The second-order valence-corrected chi connectivity index (χ2v) is 8.03. The van der Waals surface area contributed by atoms with Gasteiger partial charge in [0.25, 0.3) is 0 Å². The van der Waals surface area contributed by atoms with Crippen molar-refractivity contribution in [3.8, 4) is 0 Å². The molecule has 3 aliphatic heterocycles. The zero-order valence-corrected chi connectivity index (χ0v) is 14.1. The van der Waals surface area contributed by atoms with Gasteiger partial charge in [0.05, 0.1) is 12.0 Å². The van der Waals surface area contributed by atoms with Crippen LogP contribution in [0.1, 0.15) is 46.0 Å². The summed E-state index contributed by atoms with van der Waals surface area (Å²) in [6.45, 7) is 10.3. The summed E-state index contributed by atoms with van der Waals surface area (Å²) >= 11 is 0. The fraction of sp³-hybridized carbons (Fsp3) is 0.941. The molecule has 0 bridgehead atoms. The summed E-state index contributed by atoms with van der Waals surface area (Å²) < 4.78 is 0. The molecule has 22 heavy (non-hydrogen) atoms. The summed E-state index contributed by atoms with van der Waals surface area (Å²) in [6.07, 6.45) is 3.95. The van der Waals surface area contributed by atoms with Gasteiger partial charge in [-0.15, -0.1) is 0 Å². The summed E-state index contributed by atoms with van der Waals surface area (Å²) in [4.78, 5) is 17.0. The molecule has 0 aromatic heterocycles. The average molecular weight is 309 g/mol.